The molecular weight excluding hydrogens is 326 g/mol. The van der Waals surface area contributed by atoms with Crippen molar-refractivity contribution in [2.45, 2.75) is 12.8 Å². The van der Waals surface area contributed by atoms with E-state index in [9.17, 15) is 20.0 Å². The lowest BCUT2D eigenvalue weighted by Crippen LogP contribution is -2.23. The van der Waals surface area contributed by atoms with Crippen LogP contribution in [0, 0.1) is 10.1 Å². The number of fused-ring (bicyclic) bond motifs is 1. The number of anilines is 1. The molecule has 0 saturated heterocycles. The normalized spacial score (nSPS) is 16.0. The van der Waals surface area contributed by atoms with E-state index < -0.39 is 16.8 Å². The predicted octanol–water partition coefficient (Wildman–Crippen LogP) is 2.91. The van der Waals surface area contributed by atoms with E-state index in [2.05, 4.69) is 10.3 Å². The number of carboxylic acids is 1. The Hall–Kier alpha value is -3.42. The van der Waals surface area contributed by atoms with Crippen molar-refractivity contribution in [1.29, 1.82) is 0 Å². The number of ether oxygens (including phenoxy) is 1. The number of non-ortho nitro benzene ring substituents is 1. The van der Waals surface area contributed by atoms with Gasteiger partial charge in [-0.15, -0.1) is 0 Å². The van der Waals surface area contributed by atoms with Crippen molar-refractivity contribution in [2.24, 2.45) is 0 Å². The molecule has 2 aromatic rings. The van der Waals surface area contributed by atoms with Gasteiger partial charge in [0, 0.05) is 35.3 Å². The average molecular weight is 341 g/mol. The number of hydrogen-bond acceptors (Lipinski definition) is 6. The van der Waals surface area contributed by atoms with Gasteiger partial charge < -0.3 is 15.2 Å². The molecule has 1 unspecified atom stereocenters. The van der Waals surface area contributed by atoms with E-state index in [1.807, 2.05) is 0 Å². The van der Waals surface area contributed by atoms with Crippen LogP contribution in [-0.2, 0) is 4.79 Å². The summed E-state index contributed by atoms with van der Waals surface area (Å²) in [6.07, 6.45) is 1.55. The van der Waals surface area contributed by atoms with E-state index >= 15 is 0 Å². The maximum absolute atomic E-state index is 11.9. The summed E-state index contributed by atoms with van der Waals surface area (Å²) in [5.41, 5.74) is 2.13. The van der Waals surface area contributed by atoms with E-state index in [1.54, 1.807) is 25.3 Å². The summed E-state index contributed by atoms with van der Waals surface area (Å²) in [5.74, 6) is -1.58. The van der Waals surface area contributed by atoms with Crippen LogP contribution in [0.5, 0.6) is 5.88 Å². The maximum atomic E-state index is 11.9. The van der Waals surface area contributed by atoms with E-state index in [4.69, 9.17) is 4.74 Å². The number of nitrogens with zero attached hydrogens (tertiary/aromatic N) is 2. The molecule has 8 nitrogen and oxygen atoms in total. The first-order valence-corrected chi connectivity index (χ1v) is 7.42. The van der Waals surface area contributed by atoms with Crippen LogP contribution in [0.15, 0.2) is 47.8 Å². The Morgan fingerprint density at radius 1 is 1.40 bits per heavy atom. The number of benzene rings is 1. The predicted molar refractivity (Wildman–Crippen MR) is 89.7 cm³/mol. The quantitative estimate of drug-likeness (QED) is 0.649. The number of nitro benzene ring substituents is 1. The summed E-state index contributed by atoms with van der Waals surface area (Å²) in [6, 6.07) is 7.65. The second-order valence-electron chi connectivity index (χ2n) is 5.54. The van der Waals surface area contributed by atoms with Crippen molar-refractivity contribution in [1.82, 2.24) is 4.98 Å². The third kappa shape index (κ3) is 2.78. The van der Waals surface area contributed by atoms with Crippen LogP contribution in [0.2, 0.25) is 0 Å². The number of nitrogens with one attached hydrogen (secondary N) is 1. The van der Waals surface area contributed by atoms with Gasteiger partial charge in [-0.05, 0) is 18.6 Å². The van der Waals surface area contributed by atoms with Gasteiger partial charge in [-0.1, -0.05) is 12.1 Å². The van der Waals surface area contributed by atoms with E-state index in [0.717, 1.165) is 0 Å². The number of carboxylic acid groups (broad SMARTS) is 1. The van der Waals surface area contributed by atoms with Crippen molar-refractivity contribution in [3.8, 4) is 5.88 Å². The third-order valence-electron chi connectivity index (χ3n) is 4.10. The fourth-order valence-electron chi connectivity index (χ4n) is 3.07. The second-order valence-corrected chi connectivity index (χ2v) is 5.54. The highest BCUT2D eigenvalue weighted by Gasteiger charge is 2.35. The summed E-state index contributed by atoms with van der Waals surface area (Å²) in [4.78, 5) is 26.6. The Kier molecular flexibility index (Phi) is 4.10. The van der Waals surface area contributed by atoms with Crippen molar-refractivity contribution < 1.29 is 19.6 Å². The number of nitro groups is 1. The summed E-state index contributed by atoms with van der Waals surface area (Å²) >= 11 is 0. The van der Waals surface area contributed by atoms with Crippen molar-refractivity contribution in [2.75, 3.05) is 12.4 Å². The molecule has 0 saturated carbocycles. The summed E-state index contributed by atoms with van der Waals surface area (Å²) in [5, 5.41) is 23.9. The molecule has 128 valence electrons. The zero-order valence-electron chi connectivity index (χ0n) is 13.5. The average Bonchev–Trinajstić information content (AvgIpc) is 2.59. The smallest absolute Gasteiger partial charge is 0.334 e. The third-order valence-corrected chi connectivity index (χ3v) is 4.10. The SMILES string of the molecule is COc1nccc2c1C(c1cccc([N+](=O)[O-])c1)C(C(=O)O)=C(C)N2. The first-order valence-electron chi connectivity index (χ1n) is 7.42. The first-order chi connectivity index (χ1) is 11.9. The molecule has 0 fully saturated rings. The molecule has 0 spiro atoms. The Bertz CT molecular complexity index is 907. The van der Waals surface area contributed by atoms with Crippen molar-refractivity contribution >= 4 is 17.3 Å². The number of pyridine rings is 1. The molecule has 1 aliphatic heterocycles. The van der Waals surface area contributed by atoms with Crippen LogP contribution >= 0.6 is 0 Å². The van der Waals surface area contributed by atoms with Crippen LogP contribution in [-0.4, -0.2) is 28.1 Å². The van der Waals surface area contributed by atoms with Gasteiger partial charge in [0.15, 0.2) is 0 Å². The summed E-state index contributed by atoms with van der Waals surface area (Å²) in [6.45, 7) is 1.66. The minimum Gasteiger partial charge on any atom is -0.481 e. The van der Waals surface area contributed by atoms with Crippen LogP contribution in [0.25, 0.3) is 0 Å². The molecule has 0 radical (unpaired) electrons. The number of aromatic nitrogens is 1. The van der Waals surface area contributed by atoms with Gasteiger partial charge in [0.2, 0.25) is 5.88 Å². The van der Waals surface area contributed by atoms with E-state index in [0.29, 0.717) is 22.5 Å². The molecule has 1 aliphatic rings. The van der Waals surface area contributed by atoms with Gasteiger partial charge in [0.05, 0.1) is 23.5 Å². The van der Waals surface area contributed by atoms with Crippen molar-refractivity contribution in [3.05, 3.63) is 69.0 Å². The van der Waals surface area contributed by atoms with Crippen LogP contribution in [0.4, 0.5) is 11.4 Å². The zero-order valence-corrected chi connectivity index (χ0v) is 13.5. The summed E-state index contributed by atoms with van der Waals surface area (Å²) in [7, 11) is 1.44. The van der Waals surface area contributed by atoms with Crippen molar-refractivity contribution in [3.63, 3.8) is 0 Å². The molecule has 0 bridgehead atoms. The van der Waals surface area contributed by atoms with Gasteiger partial charge in [-0.3, -0.25) is 10.1 Å². The molecule has 1 aromatic carbocycles. The standard InChI is InChI=1S/C17H15N3O5/c1-9-13(17(21)22)14(10-4-3-5-11(8-10)20(23)24)15-12(19-9)6-7-18-16(15)25-2/h3-8,14,19H,1-2H3,(H,21,22). The van der Waals surface area contributed by atoms with Crippen LogP contribution < -0.4 is 10.1 Å². The Labute approximate surface area is 142 Å². The number of allylic oxidation sites excluding steroid dienone is 1. The Morgan fingerprint density at radius 3 is 2.80 bits per heavy atom. The highest BCUT2D eigenvalue weighted by atomic mass is 16.6. The lowest BCUT2D eigenvalue weighted by atomic mass is 9.81. The highest BCUT2D eigenvalue weighted by molar-refractivity contribution is 5.93. The lowest BCUT2D eigenvalue weighted by molar-refractivity contribution is -0.384. The molecular formula is C17H15N3O5. The largest absolute Gasteiger partial charge is 0.481 e. The minimum atomic E-state index is -1.11. The molecule has 2 N–H and O–H groups in total. The number of carbonyl (C=O) groups is 1. The molecule has 1 aromatic heterocycles. The number of aliphatic carboxylic acids is 1. The fourth-order valence-corrected chi connectivity index (χ4v) is 3.07. The number of hydrogen-bond donors (Lipinski definition) is 2. The van der Waals surface area contributed by atoms with E-state index in [-0.39, 0.29) is 17.1 Å². The topological polar surface area (TPSA) is 115 Å². The highest BCUT2D eigenvalue weighted by Crippen LogP contribution is 2.45. The summed E-state index contributed by atoms with van der Waals surface area (Å²) < 4.78 is 5.30. The van der Waals surface area contributed by atoms with E-state index in [1.165, 1.54) is 25.3 Å². The van der Waals surface area contributed by atoms with Gasteiger partial charge in [-0.2, -0.15) is 0 Å². The van der Waals surface area contributed by atoms with Gasteiger partial charge >= 0.3 is 5.97 Å². The first kappa shape index (κ1) is 16.4. The Balaban J connectivity index is 2.30. The molecule has 3 rings (SSSR count). The molecule has 1 atom stereocenters. The van der Waals surface area contributed by atoms with Crippen LogP contribution in [0.3, 0.4) is 0 Å². The Morgan fingerprint density at radius 2 is 2.16 bits per heavy atom. The monoisotopic (exact) mass is 341 g/mol. The number of methoxy groups -OCH3 is 1. The van der Waals surface area contributed by atoms with Gasteiger partial charge in [0.25, 0.3) is 5.69 Å². The van der Waals surface area contributed by atoms with Gasteiger partial charge in [0.1, 0.15) is 0 Å². The fraction of sp³-hybridized carbons (Fsp3) is 0.176. The maximum Gasteiger partial charge on any atom is 0.334 e. The molecule has 0 aliphatic carbocycles. The second kappa shape index (κ2) is 6.23. The van der Waals surface area contributed by atoms with Crippen LogP contribution in [0.1, 0.15) is 24.0 Å². The minimum absolute atomic E-state index is 0.0966. The number of rotatable bonds is 4. The zero-order chi connectivity index (χ0) is 18.1. The molecule has 0 amide bonds. The lowest BCUT2D eigenvalue weighted by Gasteiger charge is -2.29. The molecule has 25 heavy (non-hydrogen) atoms. The van der Waals surface area contributed by atoms with Gasteiger partial charge in [-0.25, -0.2) is 9.78 Å². The molecule has 2 heterocycles. The molecule has 8 heteroatoms.